The van der Waals surface area contributed by atoms with Gasteiger partial charge >= 0.3 is 0 Å². The van der Waals surface area contributed by atoms with Crippen LogP contribution in [0.5, 0.6) is 0 Å². The molecular weight excluding hydrogens is 270 g/mol. The summed E-state index contributed by atoms with van der Waals surface area (Å²) in [6.07, 6.45) is 3.41. The summed E-state index contributed by atoms with van der Waals surface area (Å²) in [5, 5.41) is 5.52. The van der Waals surface area contributed by atoms with Crippen molar-refractivity contribution in [3.63, 3.8) is 0 Å². The Morgan fingerprint density at radius 3 is 2.80 bits per heavy atom. The van der Waals surface area contributed by atoms with Gasteiger partial charge in [-0.2, -0.15) is 0 Å². The fraction of sp³-hybridized carbons (Fsp3) is 0.500. The molecule has 0 aliphatic heterocycles. The van der Waals surface area contributed by atoms with Crippen LogP contribution < -0.4 is 5.32 Å². The maximum absolute atomic E-state index is 6.15. The molecule has 0 amide bonds. The van der Waals surface area contributed by atoms with Gasteiger partial charge in [0.2, 0.25) is 0 Å². The highest BCUT2D eigenvalue weighted by molar-refractivity contribution is 6.31. The highest BCUT2D eigenvalue weighted by Gasteiger charge is 2.08. The first-order valence-electron chi connectivity index (χ1n) is 7.24. The number of hydrogen-bond donors (Lipinski definition) is 1. The molecule has 0 saturated carbocycles. The lowest BCUT2D eigenvalue weighted by atomic mass is 10.2. The van der Waals surface area contributed by atoms with E-state index in [0.29, 0.717) is 0 Å². The van der Waals surface area contributed by atoms with Crippen molar-refractivity contribution in [2.75, 3.05) is 27.2 Å². The van der Waals surface area contributed by atoms with Gasteiger partial charge in [0.1, 0.15) is 0 Å². The fourth-order valence-electron chi connectivity index (χ4n) is 2.48. The smallest absolute Gasteiger partial charge is 0.0498 e. The third kappa shape index (κ3) is 3.75. The SMILES string of the molecule is CCNCc1cn(CCCN(C)C)c2cc(Cl)ccc12. The number of fused-ring (bicyclic) bond motifs is 1. The van der Waals surface area contributed by atoms with E-state index >= 15 is 0 Å². The summed E-state index contributed by atoms with van der Waals surface area (Å²) in [7, 11) is 4.22. The van der Waals surface area contributed by atoms with Gasteiger partial charge in [-0.25, -0.2) is 0 Å². The minimum atomic E-state index is 0.805. The summed E-state index contributed by atoms with van der Waals surface area (Å²) >= 11 is 6.15. The number of halogens is 1. The number of nitrogens with zero attached hydrogens (tertiary/aromatic N) is 2. The lowest BCUT2D eigenvalue weighted by molar-refractivity contribution is 0.388. The zero-order chi connectivity index (χ0) is 14.5. The van der Waals surface area contributed by atoms with E-state index in [1.165, 1.54) is 16.5 Å². The zero-order valence-corrected chi connectivity index (χ0v) is 13.4. The molecule has 0 bridgehead atoms. The number of benzene rings is 1. The second kappa shape index (κ2) is 7.11. The van der Waals surface area contributed by atoms with Crippen molar-refractivity contribution < 1.29 is 0 Å². The summed E-state index contributed by atoms with van der Waals surface area (Å²) in [5.74, 6) is 0. The Morgan fingerprint density at radius 2 is 2.10 bits per heavy atom. The predicted molar refractivity (Wildman–Crippen MR) is 87.5 cm³/mol. The maximum atomic E-state index is 6.15. The summed E-state index contributed by atoms with van der Waals surface area (Å²) < 4.78 is 2.33. The molecule has 1 heterocycles. The first-order valence-corrected chi connectivity index (χ1v) is 7.62. The van der Waals surface area contributed by atoms with E-state index in [2.05, 4.69) is 54.1 Å². The van der Waals surface area contributed by atoms with Gasteiger partial charge in [-0.05, 0) is 51.3 Å². The largest absolute Gasteiger partial charge is 0.347 e. The van der Waals surface area contributed by atoms with Gasteiger partial charge in [0, 0.05) is 35.2 Å². The lowest BCUT2D eigenvalue weighted by Gasteiger charge is -2.10. The highest BCUT2D eigenvalue weighted by atomic mass is 35.5. The van der Waals surface area contributed by atoms with Crippen LogP contribution >= 0.6 is 11.6 Å². The van der Waals surface area contributed by atoms with Crippen molar-refractivity contribution in [3.8, 4) is 0 Å². The van der Waals surface area contributed by atoms with E-state index in [1.54, 1.807) is 0 Å². The molecule has 0 aliphatic rings. The van der Waals surface area contributed by atoms with E-state index in [-0.39, 0.29) is 0 Å². The molecule has 20 heavy (non-hydrogen) atoms. The predicted octanol–water partition coefficient (Wildman–Crippen LogP) is 3.36. The minimum absolute atomic E-state index is 0.805. The molecule has 0 saturated heterocycles. The average Bonchev–Trinajstić information content (AvgIpc) is 2.74. The lowest BCUT2D eigenvalue weighted by Crippen LogP contribution is -2.15. The van der Waals surface area contributed by atoms with E-state index in [1.807, 2.05) is 6.07 Å². The first-order chi connectivity index (χ1) is 9.61. The number of rotatable bonds is 7. The zero-order valence-electron chi connectivity index (χ0n) is 12.6. The van der Waals surface area contributed by atoms with Crippen molar-refractivity contribution in [2.24, 2.45) is 0 Å². The van der Waals surface area contributed by atoms with E-state index in [9.17, 15) is 0 Å². The van der Waals surface area contributed by atoms with Gasteiger partial charge < -0.3 is 14.8 Å². The summed E-state index contributed by atoms with van der Waals surface area (Å²) in [6.45, 7) is 6.16. The minimum Gasteiger partial charge on any atom is -0.347 e. The average molecular weight is 294 g/mol. The van der Waals surface area contributed by atoms with E-state index in [0.717, 1.165) is 37.6 Å². The number of hydrogen-bond acceptors (Lipinski definition) is 2. The van der Waals surface area contributed by atoms with Gasteiger partial charge in [0.15, 0.2) is 0 Å². The van der Waals surface area contributed by atoms with Crippen LogP contribution in [0.4, 0.5) is 0 Å². The molecule has 0 spiro atoms. The molecule has 4 heteroatoms. The van der Waals surface area contributed by atoms with Gasteiger partial charge in [-0.3, -0.25) is 0 Å². The van der Waals surface area contributed by atoms with Crippen LogP contribution in [0.25, 0.3) is 10.9 Å². The van der Waals surface area contributed by atoms with Crippen molar-refractivity contribution in [3.05, 3.63) is 35.0 Å². The van der Waals surface area contributed by atoms with Crippen molar-refractivity contribution in [1.29, 1.82) is 0 Å². The fourth-order valence-corrected chi connectivity index (χ4v) is 2.65. The van der Waals surface area contributed by atoms with Crippen molar-refractivity contribution >= 4 is 22.5 Å². The first kappa shape index (κ1) is 15.4. The Hall–Kier alpha value is -1.03. The van der Waals surface area contributed by atoms with Crippen LogP contribution in [-0.4, -0.2) is 36.7 Å². The molecule has 3 nitrogen and oxygen atoms in total. The van der Waals surface area contributed by atoms with Crippen molar-refractivity contribution in [2.45, 2.75) is 26.4 Å². The van der Waals surface area contributed by atoms with Gasteiger partial charge in [-0.15, -0.1) is 0 Å². The highest BCUT2D eigenvalue weighted by Crippen LogP contribution is 2.25. The Morgan fingerprint density at radius 1 is 1.30 bits per heavy atom. The molecule has 1 aromatic carbocycles. The standard InChI is InChI=1S/C16H24ClN3/c1-4-18-11-13-12-20(9-5-8-19(2)3)16-10-14(17)6-7-15(13)16/h6-7,10,12,18H,4-5,8-9,11H2,1-3H3. The van der Waals surface area contributed by atoms with Crippen molar-refractivity contribution in [1.82, 2.24) is 14.8 Å². The monoisotopic (exact) mass is 293 g/mol. The normalized spacial score (nSPS) is 11.7. The third-order valence-electron chi connectivity index (χ3n) is 3.50. The van der Waals surface area contributed by atoms with Crippen LogP contribution in [0.15, 0.2) is 24.4 Å². The second-order valence-electron chi connectivity index (χ2n) is 5.45. The maximum Gasteiger partial charge on any atom is 0.0498 e. The summed E-state index contributed by atoms with van der Waals surface area (Å²) in [6, 6.07) is 6.18. The molecule has 2 aromatic rings. The number of aromatic nitrogens is 1. The van der Waals surface area contributed by atoms with Gasteiger partial charge in [-0.1, -0.05) is 24.6 Å². The number of aryl methyl sites for hydroxylation is 1. The molecule has 0 unspecified atom stereocenters. The Labute approximate surface area is 126 Å². The molecular formula is C16H24ClN3. The van der Waals surface area contributed by atoms with E-state index < -0.39 is 0 Å². The molecule has 0 radical (unpaired) electrons. The Kier molecular flexibility index (Phi) is 5.46. The Bertz CT molecular complexity index is 560. The van der Waals surface area contributed by atoms with Crippen LogP contribution in [0.1, 0.15) is 18.9 Å². The summed E-state index contributed by atoms with van der Waals surface area (Å²) in [5.41, 5.74) is 2.59. The second-order valence-corrected chi connectivity index (χ2v) is 5.88. The van der Waals surface area contributed by atoms with Crippen LogP contribution in [0.2, 0.25) is 5.02 Å². The van der Waals surface area contributed by atoms with Crippen LogP contribution in [-0.2, 0) is 13.1 Å². The van der Waals surface area contributed by atoms with E-state index in [4.69, 9.17) is 11.6 Å². The molecule has 0 fully saturated rings. The topological polar surface area (TPSA) is 20.2 Å². The molecule has 2 rings (SSSR count). The molecule has 1 N–H and O–H groups in total. The molecule has 0 aliphatic carbocycles. The Balaban J connectivity index is 2.25. The molecule has 110 valence electrons. The quantitative estimate of drug-likeness (QED) is 0.845. The molecule has 1 aromatic heterocycles. The third-order valence-corrected chi connectivity index (χ3v) is 3.73. The van der Waals surface area contributed by atoms with Crippen LogP contribution in [0.3, 0.4) is 0 Å². The summed E-state index contributed by atoms with van der Waals surface area (Å²) in [4.78, 5) is 2.22. The van der Waals surface area contributed by atoms with Gasteiger partial charge in [0.25, 0.3) is 0 Å². The number of nitrogens with one attached hydrogen (secondary N) is 1. The van der Waals surface area contributed by atoms with Gasteiger partial charge in [0.05, 0.1) is 0 Å². The molecule has 0 atom stereocenters. The van der Waals surface area contributed by atoms with Crippen LogP contribution in [0, 0.1) is 0 Å².